The van der Waals surface area contributed by atoms with Crippen LogP contribution < -0.4 is 4.74 Å². The number of hydrogen-bond acceptors (Lipinski definition) is 6. The average molecular weight is 374 g/mol. The standard InChI is InChI=1S/C17H12ClN3OS2/c1-22-12-7-4-8-13-16(12)19-14(23-13)9-15-20-21-17(24-15)10-5-2-3-6-11(10)18/h2-8H,9H2,1H3. The molecule has 0 aliphatic heterocycles. The average Bonchev–Trinajstić information content (AvgIpc) is 3.21. The fraction of sp³-hybridized carbons (Fsp3) is 0.118. The van der Waals surface area contributed by atoms with Crippen LogP contribution in [0.4, 0.5) is 0 Å². The number of hydrogen-bond donors (Lipinski definition) is 0. The molecule has 0 saturated carbocycles. The SMILES string of the molecule is COc1cccc2sc(Cc3nnc(-c4ccccc4Cl)s3)nc12. The lowest BCUT2D eigenvalue weighted by Gasteiger charge is -1.98. The molecule has 0 aliphatic rings. The third-order valence-corrected chi connectivity index (χ3v) is 5.83. The van der Waals surface area contributed by atoms with Gasteiger partial charge in [0.2, 0.25) is 0 Å². The van der Waals surface area contributed by atoms with E-state index in [4.69, 9.17) is 16.3 Å². The van der Waals surface area contributed by atoms with Gasteiger partial charge < -0.3 is 4.74 Å². The second-order valence-electron chi connectivity index (χ2n) is 5.07. The third kappa shape index (κ3) is 2.88. The first-order valence-electron chi connectivity index (χ1n) is 7.24. The van der Waals surface area contributed by atoms with E-state index in [9.17, 15) is 0 Å². The topological polar surface area (TPSA) is 47.9 Å². The van der Waals surface area contributed by atoms with Crippen molar-refractivity contribution in [3.8, 4) is 16.3 Å². The van der Waals surface area contributed by atoms with E-state index in [2.05, 4.69) is 15.2 Å². The summed E-state index contributed by atoms with van der Waals surface area (Å²) in [6.07, 6.45) is 0.657. The Morgan fingerprint density at radius 3 is 2.71 bits per heavy atom. The molecular weight excluding hydrogens is 362 g/mol. The van der Waals surface area contributed by atoms with Gasteiger partial charge in [0.15, 0.2) is 0 Å². The molecule has 0 fully saturated rings. The molecule has 120 valence electrons. The first kappa shape index (κ1) is 15.5. The number of fused-ring (bicyclic) bond motifs is 1. The Morgan fingerprint density at radius 1 is 1.00 bits per heavy atom. The third-order valence-electron chi connectivity index (χ3n) is 3.52. The fourth-order valence-corrected chi connectivity index (χ4v) is 4.65. The molecule has 24 heavy (non-hydrogen) atoms. The first-order chi connectivity index (χ1) is 11.7. The van der Waals surface area contributed by atoms with Gasteiger partial charge in [-0.2, -0.15) is 0 Å². The lowest BCUT2D eigenvalue weighted by Crippen LogP contribution is -1.87. The van der Waals surface area contributed by atoms with Crippen molar-refractivity contribution in [3.63, 3.8) is 0 Å². The van der Waals surface area contributed by atoms with Crippen LogP contribution in [0.2, 0.25) is 5.02 Å². The highest BCUT2D eigenvalue weighted by molar-refractivity contribution is 7.19. The second kappa shape index (κ2) is 6.47. The van der Waals surface area contributed by atoms with Gasteiger partial charge in [0, 0.05) is 5.56 Å². The normalized spacial score (nSPS) is 11.1. The van der Waals surface area contributed by atoms with E-state index in [-0.39, 0.29) is 0 Å². The number of benzene rings is 2. The molecule has 0 unspecified atom stereocenters. The minimum atomic E-state index is 0.657. The van der Waals surface area contributed by atoms with Crippen LogP contribution in [0.3, 0.4) is 0 Å². The molecule has 0 bridgehead atoms. The van der Waals surface area contributed by atoms with E-state index in [1.807, 2.05) is 42.5 Å². The summed E-state index contributed by atoms with van der Waals surface area (Å²) in [5.74, 6) is 0.795. The highest BCUT2D eigenvalue weighted by atomic mass is 35.5. The van der Waals surface area contributed by atoms with Crippen molar-refractivity contribution >= 4 is 44.5 Å². The monoisotopic (exact) mass is 373 g/mol. The van der Waals surface area contributed by atoms with Crippen LogP contribution in [0.1, 0.15) is 10.0 Å². The quantitative estimate of drug-likeness (QED) is 0.501. The van der Waals surface area contributed by atoms with E-state index in [1.165, 1.54) is 0 Å². The molecular formula is C17H12ClN3OS2. The summed E-state index contributed by atoms with van der Waals surface area (Å²) in [4.78, 5) is 4.68. The summed E-state index contributed by atoms with van der Waals surface area (Å²) in [6.45, 7) is 0. The number of nitrogens with zero attached hydrogens (tertiary/aromatic N) is 3. The number of methoxy groups -OCH3 is 1. The van der Waals surface area contributed by atoms with Gasteiger partial charge in [-0.15, -0.1) is 21.5 Å². The number of ether oxygens (including phenoxy) is 1. The molecule has 4 aromatic rings. The van der Waals surface area contributed by atoms with Crippen molar-refractivity contribution in [1.82, 2.24) is 15.2 Å². The summed E-state index contributed by atoms with van der Waals surface area (Å²) in [5.41, 5.74) is 1.81. The van der Waals surface area contributed by atoms with E-state index in [0.717, 1.165) is 36.6 Å². The summed E-state index contributed by atoms with van der Waals surface area (Å²) in [5, 5.41) is 12.0. The van der Waals surface area contributed by atoms with Gasteiger partial charge in [-0.1, -0.05) is 47.2 Å². The van der Waals surface area contributed by atoms with Crippen LogP contribution in [-0.2, 0) is 6.42 Å². The molecule has 2 aromatic heterocycles. The van der Waals surface area contributed by atoms with Crippen molar-refractivity contribution in [2.75, 3.05) is 7.11 Å². The minimum Gasteiger partial charge on any atom is -0.494 e. The molecule has 0 radical (unpaired) electrons. The van der Waals surface area contributed by atoms with E-state index in [1.54, 1.807) is 29.8 Å². The zero-order valence-corrected chi connectivity index (χ0v) is 15.1. The van der Waals surface area contributed by atoms with Crippen LogP contribution in [-0.4, -0.2) is 22.3 Å². The molecule has 0 aliphatic carbocycles. The molecule has 4 nitrogen and oxygen atoms in total. The zero-order valence-electron chi connectivity index (χ0n) is 12.7. The van der Waals surface area contributed by atoms with Crippen molar-refractivity contribution in [2.45, 2.75) is 6.42 Å². The molecule has 0 atom stereocenters. The van der Waals surface area contributed by atoms with E-state index in [0.29, 0.717) is 11.4 Å². The van der Waals surface area contributed by atoms with Gasteiger partial charge in [-0.3, -0.25) is 0 Å². The molecule has 7 heteroatoms. The number of rotatable bonds is 4. The molecule has 0 saturated heterocycles. The molecule has 2 heterocycles. The number of para-hydroxylation sites is 1. The Balaban J connectivity index is 1.64. The predicted molar refractivity (Wildman–Crippen MR) is 99.3 cm³/mol. The second-order valence-corrected chi connectivity index (χ2v) is 7.66. The van der Waals surface area contributed by atoms with Crippen LogP contribution in [0, 0.1) is 0 Å². The smallest absolute Gasteiger partial charge is 0.149 e. The van der Waals surface area contributed by atoms with Gasteiger partial charge >= 0.3 is 0 Å². The van der Waals surface area contributed by atoms with Crippen molar-refractivity contribution < 1.29 is 4.74 Å². The maximum absolute atomic E-state index is 6.23. The Morgan fingerprint density at radius 2 is 1.88 bits per heavy atom. The predicted octanol–water partition coefficient (Wildman–Crippen LogP) is 5.07. The van der Waals surface area contributed by atoms with Crippen molar-refractivity contribution in [3.05, 3.63) is 57.5 Å². The fourth-order valence-electron chi connectivity index (χ4n) is 2.41. The van der Waals surface area contributed by atoms with Gasteiger partial charge in [-0.25, -0.2) is 4.98 Å². The summed E-state index contributed by atoms with van der Waals surface area (Å²) < 4.78 is 6.48. The number of aromatic nitrogens is 3. The maximum Gasteiger partial charge on any atom is 0.149 e. The molecule has 0 amide bonds. The zero-order chi connectivity index (χ0) is 16.5. The Hall–Kier alpha value is -2.02. The molecule has 2 aromatic carbocycles. The lowest BCUT2D eigenvalue weighted by atomic mass is 10.2. The van der Waals surface area contributed by atoms with Crippen LogP contribution in [0.5, 0.6) is 5.75 Å². The van der Waals surface area contributed by atoms with Crippen LogP contribution in [0.25, 0.3) is 20.8 Å². The summed E-state index contributed by atoms with van der Waals surface area (Å²) in [6, 6.07) is 13.6. The van der Waals surface area contributed by atoms with Gasteiger partial charge in [0.1, 0.15) is 26.3 Å². The Bertz CT molecular complexity index is 1010. The van der Waals surface area contributed by atoms with Gasteiger partial charge in [0.25, 0.3) is 0 Å². The van der Waals surface area contributed by atoms with Gasteiger partial charge in [0.05, 0.1) is 23.3 Å². The summed E-state index contributed by atoms with van der Waals surface area (Å²) in [7, 11) is 1.66. The minimum absolute atomic E-state index is 0.657. The molecule has 4 rings (SSSR count). The van der Waals surface area contributed by atoms with Crippen LogP contribution in [0.15, 0.2) is 42.5 Å². The number of halogens is 1. The van der Waals surface area contributed by atoms with Crippen molar-refractivity contribution in [1.29, 1.82) is 0 Å². The largest absolute Gasteiger partial charge is 0.494 e. The molecule has 0 N–H and O–H groups in total. The highest BCUT2D eigenvalue weighted by Crippen LogP contribution is 2.33. The highest BCUT2D eigenvalue weighted by Gasteiger charge is 2.13. The number of thiazole rings is 1. The first-order valence-corrected chi connectivity index (χ1v) is 9.25. The van der Waals surface area contributed by atoms with Gasteiger partial charge in [-0.05, 0) is 18.2 Å². The lowest BCUT2D eigenvalue weighted by molar-refractivity contribution is 0.419. The van der Waals surface area contributed by atoms with E-state index < -0.39 is 0 Å². The van der Waals surface area contributed by atoms with Crippen LogP contribution >= 0.6 is 34.3 Å². The van der Waals surface area contributed by atoms with E-state index >= 15 is 0 Å². The van der Waals surface area contributed by atoms with Crippen molar-refractivity contribution in [2.24, 2.45) is 0 Å². The molecule has 0 spiro atoms. The Kier molecular flexibility index (Phi) is 4.18. The summed E-state index contributed by atoms with van der Waals surface area (Å²) >= 11 is 9.42. The Labute approximate surface area is 151 Å². The maximum atomic E-state index is 6.23.